The van der Waals surface area contributed by atoms with E-state index in [4.69, 9.17) is 0 Å². The summed E-state index contributed by atoms with van der Waals surface area (Å²) in [5.41, 5.74) is 0.846. The molecule has 0 spiro atoms. The van der Waals surface area contributed by atoms with E-state index in [1.807, 2.05) is 0 Å². The molecule has 0 fully saturated rings. The van der Waals surface area contributed by atoms with Crippen LogP contribution >= 0.6 is 0 Å². The first-order valence-electron chi connectivity index (χ1n) is 9.67. The van der Waals surface area contributed by atoms with Crippen LogP contribution in [0.5, 0.6) is 11.5 Å². The summed E-state index contributed by atoms with van der Waals surface area (Å²) in [5, 5.41) is 20.9. The molecule has 0 aromatic heterocycles. The number of rotatable bonds is 4. The highest BCUT2D eigenvalue weighted by Gasteiger charge is 2.30. The smallest absolute Gasteiger partial charge is 0.338 e. The number of phenolic OH excluding ortho intramolecular Hbond substituents is 2. The molecule has 0 saturated heterocycles. The highest BCUT2D eigenvalue weighted by atomic mass is 19.1. The molecule has 0 saturated carbocycles. The average molecular weight is 432 g/mol. The predicted octanol–water partition coefficient (Wildman–Crippen LogP) is 6.47. The fourth-order valence-corrected chi connectivity index (χ4v) is 3.33. The summed E-state index contributed by atoms with van der Waals surface area (Å²) in [4.78, 5) is 16.3. The normalized spacial score (nSPS) is 10.6. The minimum absolute atomic E-state index is 0.0878. The van der Waals surface area contributed by atoms with Crippen LogP contribution in [0.4, 0.5) is 36.3 Å². The lowest BCUT2D eigenvalue weighted by atomic mass is 10.2. The van der Waals surface area contributed by atoms with Crippen molar-refractivity contribution in [3.8, 4) is 11.5 Å². The first kappa shape index (κ1) is 20.9. The maximum atomic E-state index is 14.0. The maximum absolute atomic E-state index is 14.0. The molecule has 0 aliphatic carbocycles. The molecule has 4 rings (SSSR count). The molecular formula is C25H18F2N2O3. The maximum Gasteiger partial charge on any atom is 0.338 e. The van der Waals surface area contributed by atoms with Crippen LogP contribution in [-0.4, -0.2) is 16.2 Å². The second kappa shape index (κ2) is 8.77. The van der Waals surface area contributed by atoms with Gasteiger partial charge in [0.2, 0.25) is 0 Å². The molecule has 0 bridgehead atoms. The number of urea groups is 1. The fourth-order valence-electron chi connectivity index (χ4n) is 3.33. The molecule has 0 aliphatic rings. The van der Waals surface area contributed by atoms with Crippen molar-refractivity contribution < 1.29 is 23.8 Å². The number of carbonyl (C=O) groups is 1. The molecule has 4 aromatic rings. The largest absolute Gasteiger partial charge is 0.506 e. The van der Waals surface area contributed by atoms with Gasteiger partial charge < -0.3 is 10.2 Å². The average Bonchev–Trinajstić information content (AvgIpc) is 2.78. The van der Waals surface area contributed by atoms with Gasteiger partial charge in [0.25, 0.3) is 0 Å². The summed E-state index contributed by atoms with van der Waals surface area (Å²) < 4.78 is 27.3. The number of hydrogen-bond acceptors (Lipinski definition) is 3. The Morgan fingerprint density at radius 2 is 1.00 bits per heavy atom. The third-order valence-electron chi connectivity index (χ3n) is 4.77. The lowest BCUT2D eigenvalue weighted by Crippen LogP contribution is -2.38. The van der Waals surface area contributed by atoms with Crippen LogP contribution in [0, 0.1) is 11.6 Å². The summed E-state index contributed by atoms with van der Waals surface area (Å²) in [6, 6.07) is 23.1. The van der Waals surface area contributed by atoms with E-state index in [0.29, 0.717) is 11.4 Å². The van der Waals surface area contributed by atoms with Gasteiger partial charge in [-0.05, 0) is 48.5 Å². The summed E-state index contributed by atoms with van der Waals surface area (Å²) >= 11 is 0. The van der Waals surface area contributed by atoms with Gasteiger partial charge in [-0.25, -0.2) is 13.6 Å². The number of benzene rings is 4. The molecule has 2 N–H and O–H groups in total. The van der Waals surface area contributed by atoms with Gasteiger partial charge in [-0.15, -0.1) is 0 Å². The van der Waals surface area contributed by atoms with E-state index in [1.54, 1.807) is 60.7 Å². The number of anilines is 4. The van der Waals surface area contributed by atoms with E-state index < -0.39 is 29.2 Å². The molecular weight excluding hydrogens is 414 g/mol. The van der Waals surface area contributed by atoms with Crippen LogP contribution in [0.1, 0.15) is 0 Å². The summed E-state index contributed by atoms with van der Waals surface area (Å²) in [5.74, 6) is -2.46. The van der Waals surface area contributed by atoms with Crippen molar-refractivity contribution in [2.45, 2.75) is 0 Å². The molecule has 32 heavy (non-hydrogen) atoms. The van der Waals surface area contributed by atoms with E-state index in [0.717, 1.165) is 29.2 Å². The van der Waals surface area contributed by atoms with Crippen molar-refractivity contribution in [3.05, 3.63) is 109 Å². The number of aromatic hydroxyl groups is 2. The standard InChI is InChI=1S/C25H18F2N2O3/c26-17-11-13-21(23(30)15-17)29(22-14-12-18(27)16-24(22)31)25(32)28(19-7-3-1-4-8-19)20-9-5-2-6-10-20/h1-16,30-31H. The molecule has 2 amide bonds. The first-order chi connectivity index (χ1) is 15.5. The number of amides is 2. The third kappa shape index (κ3) is 4.09. The SMILES string of the molecule is O=C(N(c1ccccc1)c1ccccc1)N(c1ccc(F)cc1O)c1ccc(F)cc1O. The van der Waals surface area contributed by atoms with E-state index >= 15 is 0 Å². The lowest BCUT2D eigenvalue weighted by molar-refractivity contribution is 0.255. The zero-order valence-electron chi connectivity index (χ0n) is 16.7. The molecule has 0 heterocycles. The highest BCUT2D eigenvalue weighted by Crippen LogP contribution is 2.41. The molecule has 5 nitrogen and oxygen atoms in total. The number of halogens is 2. The first-order valence-corrected chi connectivity index (χ1v) is 9.67. The number of hydrogen-bond donors (Lipinski definition) is 2. The molecule has 160 valence electrons. The minimum Gasteiger partial charge on any atom is -0.506 e. The van der Waals surface area contributed by atoms with E-state index in [9.17, 15) is 23.8 Å². The van der Waals surface area contributed by atoms with Crippen molar-refractivity contribution >= 4 is 28.8 Å². The Balaban J connectivity index is 1.93. The van der Waals surface area contributed by atoms with Gasteiger partial charge in [0.1, 0.15) is 23.1 Å². The second-order valence-electron chi connectivity index (χ2n) is 6.89. The molecule has 0 unspecified atom stereocenters. The number of carbonyl (C=O) groups excluding carboxylic acids is 1. The van der Waals surface area contributed by atoms with Gasteiger partial charge in [-0.1, -0.05) is 36.4 Å². The quantitative estimate of drug-likeness (QED) is 0.388. The monoisotopic (exact) mass is 432 g/mol. The van der Waals surface area contributed by atoms with Crippen molar-refractivity contribution in [1.29, 1.82) is 0 Å². The van der Waals surface area contributed by atoms with Gasteiger partial charge in [0, 0.05) is 12.1 Å². The highest BCUT2D eigenvalue weighted by molar-refractivity contribution is 6.13. The summed E-state index contributed by atoms with van der Waals surface area (Å²) in [6.45, 7) is 0. The Bertz CT molecular complexity index is 1160. The topological polar surface area (TPSA) is 64.0 Å². The van der Waals surface area contributed by atoms with E-state index in [1.165, 1.54) is 17.0 Å². The van der Waals surface area contributed by atoms with Crippen LogP contribution in [-0.2, 0) is 0 Å². The molecule has 7 heteroatoms. The molecule has 4 aromatic carbocycles. The van der Waals surface area contributed by atoms with Crippen LogP contribution < -0.4 is 9.80 Å². The Morgan fingerprint density at radius 3 is 1.38 bits per heavy atom. The molecule has 0 atom stereocenters. The van der Waals surface area contributed by atoms with Crippen LogP contribution in [0.2, 0.25) is 0 Å². The number of phenols is 2. The number of para-hydroxylation sites is 2. The van der Waals surface area contributed by atoms with Crippen LogP contribution in [0.3, 0.4) is 0 Å². The molecule has 0 aliphatic heterocycles. The van der Waals surface area contributed by atoms with Gasteiger partial charge in [-0.2, -0.15) is 0 Å². The van der Waals surface area contributed by atoms with Crippen molar-refractivity contribution in [1.82, 2.24) is 0 Å². The fraction of sp³-hybridized carbons (Fsp3) is 0. The van der Waals surface area contributed by atoms with Gasteiger partial charge in [-0.3, -0.25) is 9.80 Å². The van der Waals surface area contributed by atoms with Gasteiger partial charge in [0.15, 0.2) is 0 Å². The predicted molar refractivity (Wildman–Crippen MR) is 119 cm³/mol. The zero-order chi connectivity index (χ0) is 22.7. The Kier molecular flexibility index (Phi) is 5.72. The van der Waals surface area contributed by atoms with Crippen molar-refractivity contribution in [2.75, 3.05) is 9.80 Å². The Morgan fingerprint density at radius 1 is 0.594 bits per heavy atom. The van der Waals surface area contributed by atoms with Crippen molar-refractivity contribution in [3.63, 3.8) is 0 Å². The van der Waals surface area contributed by atoms with Crippen LogP contribution in [0.15, 0.2) is 97.1 Å². The third-order valence-corrected chi connectivity index (χ3v) is 4.77. The summed E-state index contributed by atoms with van der Waals surface area (Å²) in [7, 11) is 0. The van der Waals surface area contributed by atoms with Gasteiger partial charge in [0.05, 0.1) is 22.7 Å². The van der Waals surface area contributed by atoms with Gasteiger partial charge >= 0.3 is 6.03 Å². The Hall–Kier alpha value is -4.39. The van der Waals surface area contributed by atoms with Crippen molar-refractivity contribution in [2.24, 2.45) is 0 Å². The Labute approximate surface area is 183 Å². The van der Waals surface area contributed by atoms with Crippen LogP contribution in [0.25, 0.3) is 0 Å². The molecule has 0 radical (unpaired) electrons. The second-order valence-corrected chi connectivity index (χ2v) is 6.89. The summed E-state index contributed by atoms with van der Waals surface area (Å²) in [6.07, 6.45) is 0. The number of nitrogens with zero attached hydrogens (tertiary/aromatic N) is 2. The van der Waals surface area contributed by atoms with E-state index in [2.05, 4.69) is 0 Å². The minimum atomic E-state index is -0.704. The lowest BCUT2D eigenvalue weighted by Gasteiger charge is -2.31. The zero-order valence-corrected chi connectivity index (χ0v) is 16.7. The van der Waals surface area contributed by atoms with E-state index in [-0.39, 0.29) is 11.4 Å².